The van der Waals surface area contributed by atoms with Gasteiger partial charge in [-0.2, -0.15) is 0 Å². The quantitative estimate of drug-likeness (QED) is 0.769. The van der Waals surface area contributed by atoms with Crippen LogP contribution < -0.4 is 10.1 Å². The summed E-state index contributed by atoms with van der Waals surface area (Å²) in [6.07, 6.45) is 4.35. The van der Waals surface area contributed by atoms with E-state index in [0.717, 1.165) is 35.6 Å². The van der Waals surface area contributed by atoms with Crippen molar-refractivity contribution in [1.29, 1.82) is 0 Å². The van der Waals surface area contributed by atoms with Crippen LogP contribution in [0.1, 0.15) is 28.2 Å². The molecule has 5 nitrogen and oxygen atoms in total. The molecule has 2 aromatic carbocycles. The number of nitrogens with zero attached hydrogens (tertiary/aromatic N) is 2. The molecule has 132 valence electrons. The van der Waals surface area contributed by atoms with E-state index in [1.165, 1.54) is 6.42 Å². The molecule has 0 atom stereocenters. The van der Waals surface area contributed by atoms with Gasteiger partial charge in [-0.15, -0.1) is 0 Å². The fourth-order valence-electron chi connectivity index (χ4n) is 3.28. The van der Waals surface area contributed by atoms with E-state index in [-0.39, 0.29) is 5.91 Å². The lowest BCUT2D eigenvalue weighted by molar-refractivity contribution is 0.0950. The molecule has 1 aliphatic rings. The number of aryl methyl sites for hydroxylation is 2. The molecule has 0 fully saturated rings. The van der Waals surface area contributed by atoms with E-state index in [2.05, 4.69) is 28.2 Å². The van der Waals surface area contributed by atoms with Crippen molar-refractivity contribution >= 4 is 5.91 Å². The molecule has 0 unspecified atom stereocenters. The Kier molecular flexibility index (Phi) is 4.44. The van der Waals surface area contributed by atoms with Gasteiger partial charge in [0.25, 0.3) is 5.91 Å². The topological polar surface area (TPSA) is 56.1 Å². The molecular weight excluding hydrogens is 326 g/mol. The smallest absolute Gasteiger partial charge is 0.251 e. The summed E-state index contributed by atoms with van der Waals surface area (Å²) in [6, 6.07) is 15.3. The first-order valence-corrected chi connectivity index (χ1v) is 8.80. The zero-order chi connectivity index (χ0) is 17.9. The molecule has 1 N–H and O–H groups in total. The Bertz CT molecular complexity index is 924. The molecule has 0 saturated carbocycles. The third-order valence-electron chi connectivity index (χ3n) is 4.67. The first-order valence-electron chi connectivity index (χ1n) is 8.80. The van der Waals surface area contributed by atoms with Crippen LogP contribution in [-0.2, 0) is 19.5 Å². The van der Waals surface area contributed by atoms with Crippen LogP contribution in [0.3, 0.4) is 0 Å². The summed E-state index contributed by atoms with van der Waals surface area (Å²) in [7, 11) is 1.59. The normalized spacial score (nSPS) is 12.7. The van der Waals surface area contributed by atoms with E-state index >= 15 is 0 Å². The van der Waals surface area contributed by atoms with Gasteiger partial charge in [-0.25, -0.2) is 4.98 Å². The van der Waals surface area contributed by atoms with Crippen LogP contribution in [-0.4, -0.2) is 22.6 Å². The summed E-state index contributed by atoms with van der Waals surface area (Å²) in [5.41, 5.74) is 3.72. The monoisotopic (exact) mass is 347 g/mol. The Balaban J connectivity index is 1.46. The van der Waals surface area contributed by atoms with Crippen molar-refractivity contribution in [3.05, 3.63) is 71.7 Å². The van der Waals surface area contributed by atoms with Gasteiger partial charge < -0.3 is 14.6 Å². The Morgan fingerprint density at radius 3 is 2.96 bits per heavy atom. The summed E-state index contributed by atoms with van der Waals surface area (Å²) in [5, 5.41) is 2.96. The van der Waals surface area contributed by atoms with Gasteiger partial charge in [-0.1, -0.05) is 24.3 Å². The number of rotatable bonds is 5. The summed E-state index contributed by atoms with van der Waals surface area (Å²) < 4.78 is 7.40. The third-order valence-corrected chi connectivity index (χ3v) is 4.67. The molecule has 0 saturated heterocycles. The summed E-state index contributed by atoms with van der Waals surface area (Å²) in [5.74, 6) is 1.72. The molecule has 0 spiro atoms. The Morgan fingerprint density at radius 1 is 1.23 bits per heavy atom. The highest BCUT2D eigenvalue weighted by Gasteiger charge is 2.14. The van der Waals surface area contributed by atoms with E-state index in [9.17, 15) is 4.79 Å². The van der Waals surface area contributed by atoms with Gasteiger partial charge in [-0.05, 0) is 36.2 Å². The average Bonchev–Trinajstić information content (AvgIpc) is 3.28. The molecule has 1 aromatic heterocycles. The van der Waals surface area contributed by atoms with Gasteiger partial charge in [0, 0.05) is 36.8 Å². The summed E-state index contributed by atoms with van der Waals surface area (Å²) >= 11 is 0. The number of carbonyl (C=O) groups excluding carboxylic acids is 1. The van der Waals surface area contributed by atoms with Crippen LogP contribution >= 0.6 is 0 Å². The van der Waals surface area contributed by atoms with Gasteiger partial charge in [0.15, 0.2) is 0 Å². The average molecular weight is 347 g/mol. The number of carbonyl (C=O) groups is 1. The molecule has 0 aliphatic carbocycles. The molecule has 26 heavy (non-hydrogen) atoms. The minimum absolute atomic E-state index is 0.115. The molecule has 2 heterocycles. The molecule has 1 aliphatic heterocycles. The number of ether oxygens (including phenoxy) is 1. The first kappa shape index (κ1) is 16.4. The lowest BCUT2D eigenvalue weighted by Crippen LogP contribution is -2.22. The number of imidazole rings is 1. The van der Waals surface area contributed by atoms with Crippen molar-refractivity contribution in [3.63, 3.8) is 0 Å². The first-order chi connectivity index (χ1) is 12.7. The lowest BCUT2D eigenvalue weighted by atomic mass is 10.1. The second-order valence-electron chi connectivity index (χ2n) is 6.45. The van der Waals surface area contributed by atoms with Crippen molar-refractivity contribution in [2.75, 3.05) is 7.11 Å². The maximum Gasteiger partial charge on any atom is 0.251 e. The Hall–Kier alpha value is -3.08. The van der Waals surface area contributed by atoms with Crippen LogP contribution in [0.4, 0.5) is 0 Å². The summed E-state index contributed by atoms with van der Waals surface area (Å²) in [6.45, 7) is 1.52. The van der Waals surface area contributed by atoms with Gasteiger partial charge in [0.05, 0.1) is 12.8 Å². The van der Waals surface area contributed by atoms with Crippen LogP contribution in [0.2, 0.25) is 0 Å². The van der Waals surface area contributed by atoms with Gasteiger partial charge in [-0.3, -0.25) is 4.79 Å². The fourth-order valence-corrected chi connectivity index (χ4v) is 3.28. The molecule has 0 bridgehead atoms. The van der Waals surface area contributed by atoms with Crippen LogP contribution in [0.25, 0.3) is 11.3 Å². The minimum atomic E-state index is -0.115. The Labute approximate surface area is 152 Å². The second-order valence-corrected chi connectivity index (χ2v) is 6.45. The van der Waals surface area contributed by atoms with Crippen LogP contribution in [0.15, 0.2) is 54.7 Å². The molecule has 5 heteroatoms. The van der Waals surface area contributed by atoms with E-state index < -0.39 is 0 Å². The standard InChI is InChI=1S/C21H21N3O2/c1-26-18-8-3-7-17(12-18)21(25)22-13-15-5-2-6-16(11-15)19-14-24-10-4-9-20(24)23-19/h2-3,5-8,11-12,14H,4,9-10,13H2,1H3,(H,22,25). The number of benzene rings is 2. The van der Waals surface area contributed by atoms with E-state index in [1.54, 1.807) is 19.2 Å². The largest absolute Gasteiger partial charge is 0.497 e. The number of hydrogen-bond acceptors (Lipinski definition) is 3. The minimum Gasteiger partial charge on any atom is -0.497 e. The zero-order valence-electron chi connectivity index (χ0n) is 14.7. The van der Waals surface area contributed by atoms with E-state index in [0.29, 0.717) is 17.9 Å². The summed E-state index contributed by atoms with van der Waals surface area (Å²) in [4.78, 5) is 17.1. The van der Waals surface area contributed by atoms with Gasteiger partial charge in [0.1, 0.15) is 11.6 Å². The number of aromatic nitrogens is 2. The maximum atomic E-state index is 12.4. The van der Waals surface area contributed by atoms with Gasteiger partial charge >= 0.3 is 0 Å². The Morgan fingerprint density at radius 2 is 2.12 bits per heavy atom. The van der Waals surface area contributed by atoms with Crippen molar-refractivity contribution in [3.8, 4) is 17.0 Å². The highest BCUT2D eigenvalue weighted by Crippen LogP contribution is 2.23. The zero-order valence-corrected chi connectivity index (χ0v) is 14.7. The van der Waals surface area contributed by atoms with Crippen LogP contribution in [0.5, 0.6) is 5.75 Å². The number of methoxy groups -OCH3 is 1. The van der Waals surface area contributed by atoms with Crippen molar-refractivity contribution in [1.82, 2.24) is 14.9 Å². The van der Waals surface area contributed by atoms with E-state index in [1.807, 2.05) is 24.3 Å². The lowest BCUT2D eigenvalue weighted by Gasteiger charge is -2.08. The molecular formula is C21H21N3O2. The molecule has 0 radical (unpaired) electrons. The SMILES string of the molecule is COc1cccc(C(=O)NCc2cccc(-c3cn4c(n3)CCC4)c2)c1. The molecule has 1 amide bonds. The predicted molar refractivity (Wildman–Crippen MR) is 100 cm³/mol. The van der Waals surface area contributed by atoms with Crippen molar-refractivity contribution in [2.45, 2.75) is 25.9 Å². The number of hydrogen-bond donors (Lipinski definition) is 1. The number of nitrogens with one attached hydrogen (secondary N) is 1. The second kappa shape index (κ2) is 7.04. The highest BCUT2D eigenvalue weighted by molar-refractivity contribution is 5.94. The van der Waals surface area contributed by atoms with Crippen molar-refractivity contribution < 1.29 is 9.53 Å². The highest BCUT2D eigenvalue weighted by atomic mass is 16.5. The molecule has 4 rings (SSSR count). The van der Waals surface area contributed by atoms with Crippen LogP contribution in [0, 0.1) is 0 Å². The fraction of sp³-hybridized carbons (Fsp3) is 0.238. The molecule has 3 aromatic rings. The maximum absolute atomic E-state index is 12.4. The number of fused-ring (bicyclic) bond motifs is 1. The van der Waals surface area contributed by atoms with E-state index in [4.69, 9.17) is 9.72 Å². The third kappa shape index (κ3) is 3.33. The van der Waals surface area contributed by atoms with Crippen molar-refractivity contribution in [2.24, 2.45) is 0 Å². The number of amides is 1. The van der Waals surface area contributed by atoms with Gasteiger partial charge in [0.2, 0.25) is 0 Å². The predicted octanol–water partition coefficient (Wildman–Crippen LogP) is 3.43.